The number of hydrogen-bond donors (Lipinski definition) is 6. The number of alkyl halides is 1. The summed E-state index contributed by atoms with van der Waals surface area (Å²) in [5.74, 6) is 0. The quantitative estimate of drug-likeness (QED) is 0.288. The highest BCUT2D eigenvalue weighted by Gasteiger charge is 2.20. The van der Waals surface area contributed by atoms with Crippen LogP contribution >= 0.6 is 11.6 Å². The van der Waals surface area contributed by atoms with E-state index in [-0.39, 0.29) is 6.07 Å². The van der Waals surface area contributed by atoms with E-state index >= 15 is 0 Å². The van der Waals surface area contributed by atoms with Gasteiger partial charge < -0.3 is 31.9 Å². The van der Waals surface area contributed by atoms with Gasteiger partial charge in [0.25, 0.3) is 0 Å². The third-order valence-corrected chi connectivity index (χ3v) is 0.945. The van der Waals surface area contributed by atoms with Crippen LogP contribution in [0.4, 0.5) is 0 Å². The van der Waals surface area contributed by atoms with Crippen molar-refractivity contribution in [3.05, 3.63) is 0 Å². The molecule has 6 nitrogen and oxygen atoms in total. The van der Waals surface area contributed by atoms with Gasteiger partial charge >= 0.3 is 0 Å². The molecule has 0 radical (unpaired) electrons. The molecule has 0 atom stereocenters. The van der Waals surface area contributed by atoms with Crippen LogP contribution in [0.2, 0.25) is 0 Å². The Hall–Kier alpha value is 0.0500. The van der Waals surface area contributed by atoms with Crippen LogP contribution in [0.5, 0.6) is 0 Å². The molecule has 0 saturated heterocycles. The van der Waals surface area contributed by atoms with E-state index in [1.807, 2.05) is 0 Å². The Morgan fingerprint density at radius 1 is 1.00 bits per heavy atom. The molecule has 13 heavy (non-hydrogen) atoms. The minimum atomic E-state index is -1.21. The minimum Gasteiger partial charge on any atom is -0.394 e. The number of aliphatic hydroxyl groups excluding tert-OH is 4. The van der Waals surface area contributed by atoms with Crippen molar-refractivity contribution in [1.29, 1.82) is 0 Å². The largest absolute Gasteiger partial charge is 0.394 e. The van der Waals surface area contributed by atoms with Crippen LogP contribution < -0.4 is 11.5 Å². The third kappa shape index (κ3) is 14.9. The molecule has 0 saturated carbocycles. The molecule has 0 bridgehead atoms. The van der Waals surface area contributed by atoms with E-state index in [4.69, 9.17) is 26.2 Å². The Labute approximate surface area is 82.7 Å². The monoisotopic (exact) mass is 218 g/mol. The normalized spacial score (nSPS) is 9.23. The number of aliphatic hydroxyl groups is 4. The zero-order valence-corrected chi connectivity index (χ0v) is 8.41. The highest BCUT2D eigenvalue weighted by atomic mass is 35.5. The van der Waals surface area contributed by atoms with Gasteiger partial charge in [-0.2, -0.15) is 0 Å². The molecule has 7 heteroatoms. The summed E-state index contributed by atoms with van der Waals surface area (Å²) in [6.45, 7) is -1.21. The second kappa shape index (κ2) is 14.6. The predicted molar refractivity (Wildman–Crippen MR) is 51.2 cm³/mol. The lowest BCUT2D eigenvalue weighted by Crippen LogP contribution is -2.50. The van der Waals surface area contributed by atoms with Gasteiger partial charge in [-0.25, -0.2) is 0 Å². The van der Waals surface area contributed by atoms with E-state index in [2.05, 4.69) is 17.3 Å². The van der Waals surface area contributed by atoms with Crippen molar-refractivity contribution in [2.45, 2.75) is 5.54 Å². The maximum atomic E-state index is 8.34. The highest BCUT2D eigenvalue weighted by molar-refractivity contribution is 6.16. The van der Waals surface area contributed by atoms with Crippen molar-refractivity contribution in [3.8, 4) is 0 Å². The molecule has 0 fully saturated rings. The number of rotatable bonds is 3. The summed E-state index contributed by atoms with van der Waals surface area (Å²) in [4.78, 5) is 0. The second-order valence-corrected chi connectivity index (χ2v) is 2.20. The van der Waals surface area contributed by atoms with Gasteiger partial charge in [0.15, 0.2) is 0 Å². The summed E-state index contributed by atoms with van der Waals surface area (Å²) in [5, 5.41) is 32.4. The van der Waals surface area contributed by atoms with Crippen molar-refractivity contribution in [2.75, 3.05) is 32.9 Å². The lowest BCUT2D eigenvalue weighted by Gasteiger charge is -2.20. The van der Waals surface area contributed by atoms with Crippen LogP contribution in [0.1, 0.15) is 0 Å². The summed E-state index contributed by atoms with van der Waals surface area (Å²) in [6.07, 6.45) is 0. The Balaban J connectivity index is -0.000000169. The Kier molecular flexibility index (Phi) is 21.0. The molecule has 0 heterocycles. The van der Waals surface area contributed by atoms with E-state index in [0.29, 0.717) is 0 Å². The minimum absolute atomic E-state index is 0.278. The number of hydrogen-bond acceptors (Lipinski definition) is 6. The van der Waals surface area contributed by atoms with Gasteiger partial charge in [-0.1, -0.05) is 11.6 Å². The molecule has 84 valence electrons. The third-order valence-electron chi connectivity index (χ3n) is 0.945. The lowest BCUT2D eigenvalue weighted by atomic mass is 10.1. The molecule has 0 aromatic carbocycles. The van der Waals surface area contributed by atoms with E-state index in [9.17, 15) is 0 Å². The van der Waals surface area contributed by atoms with Gasteiger partial charge in [0.1, 0.15) is 6.07 Å². The molecule has 8 N–H and O–H groups in total. The summed E-state index contributed by atoms with van der Waals surface area (Å²) in [6, 6.07) is -0.278. The molecule has 0 aliphatic carbocycles. The van der Waals surface area contributed by atoms with Crippen LogP contribution in [-0.4, -0.2) is 58.9 Å². The molecule has 0 rings (SSSR count). The molecule has 0 aromatic heterocycles. The standard InChI is InChI=1S/C4H11NO3.CH3ClO.CH5N/c5-4(1-6,2-7)3-8;2-1-3;1-2/h6-8H,1-3,5H2;3H,1H2;2H2,1H3. The lowest BCUT2D eigenvalue weighted by molar-refractivity contribution is 0.0698. The maximum Gasteiger partial charge on any atom is 0.117 e. The molecule has 0 aromatic rings. The first-order valence-electron chi connectivity index (χ1n) is 3.46. The highest BCUT2D eigenvalue weighted by Crippen LogP contribution is 1.93. The second-order valence-electron chi connectivity index (χ2n) is 1.96. The van der Waals surface area contributed by atoms with Gasteiger partial charge in [-0.3, -0.25) is 0 Å². The first-order chi connectivity index (χ1) is 6.10. The summed E-state index contributed by atoms with van der Waals surface area (Å²) < 4.78 is 0. The van der Waals surface area contributed by atoms with Crippen LogP contribution in [0, 0.1) is 0 Å². The molecular formula is C6H19ClN2O4. The van der Waals surface area contributed by atoms with Gasteiger partial charge in [0.2, 0.25) is 0 Å². The van der Waals surface area contributed by atoms with Crippen molar-refractivity contribution in [2.24, 2.45) is 11.5 Å². The zero-order chi connectivity index (χ0) is 11.3. The molecule has 0 spiro atoms. The Morgan fingerprint density at radius 2 is 1.15 bits per heavy atom. The van der Waals surface area contributed by atoms with Crippen molar-refractivity contribution >= 4 is 11.6 Å². The molecule has 0 amide bonds. The number of halogens is 1. The van der Waals surface area contributed by atoms with E-state index < -0.39 is 25.4 Å². The fourth-order valence-electron chi connectivity index (χ4n) is 0.150. The van der Waals surface area contributed by atoms with Gasteiger partial charge in [-0.15, -0.1) is 0 Å². The molecule has 0 unspecified atom stereocenters. The summed E-state index contributed by atoms with van der Waals surface area (Å²) >= 11 is 4.55. The fraction of sp³-hybridized carbons (Fsp3) is 1.00. The smallest absolute Gasteiger partial charge is 0.117 e. The molecular weight excluding hydrogens is 200 g/mol. The Bertz CT molecular complexity index is 74.8. The van der Waals surface area contributed by atoms with Crippen LogP contribution in [-0.2, 0) is 0 Å². The topological polar surface area (TPSA) is 133 Å². The maximum absolute atomic E-state index is 8.34. The van der Waals surface area contributed by atoms with Gasteiger partial charge in [0.05, 0.1) is 25.4 Å². The van der Waals surface area contributed by atoms with E-state index in [1.165, 1.54) is 7.05 Å². The summed E-state index contributed by atoms with van der Waals surface area (Å²) in [5.41, 5.74) is 8.44. The molecule has 0 aliphatic rings. The van der Waals surface area contributed by atoms with E-state index in [0.717, 1.165) is 0 Å². The van der Waals surface area contributed by atoms with Crippen molar-refractivity contribution in [3.63, 3.8) is 0 Å². The summed E-state index contributed by atoms with van der Waals surface area (Å²) in [7, 11) is 1.50. The fourth-order valence-corrected chi connectivity index (χ4v) is 0.150. The van der Waals surface area contributed by atoms with E-state index in [1.54, 1.807) is 0 Å². The predicted octanol–water partition coefficient (Wildman–Crippen LogP) is -2.59. The first-order valence-corrected chi connectivity index (χ1v) is 3.99. The first kappa shape index (κ1) is 18.8. The molecule has 0 aliphatic heterocycles. The number of nitrogens with two attached hydrogens (primary N) is 2. The van der Waals surface area contributed by atoms with Crippen molar-refractivity contribution in [1.82, 2.24) is 0 Å². The Morgan fingerprint density at radius 3 is 1.15 bits per heavy atom. The van der Waals surface area contributed by atoms with Crippen LogP contribution in [0.25, 0.3) is 0 Å². The average Bonchev–Trinajstić information content (AvgIpc) is 2.21. The zero-order valence-electron chi connectivity index (χ0n) is 7.65. The van der Waals surface area contributed by atoms with Crippen LogP contribution in [0.15, 0.2) is 0 Å². The van der Waals surface area contributed by atoms with Gasteiger partial charge in [-0.05, 0) is 7.05 Å². The SMILES string of the molecule is CN.NC(CO)(CO)CO.OCCl. The van der Waals surface area contributed by atoms with Gasteiger partial charge in [0, 0.05) is 0 Å². The van der Waals surface area contributed by atoms with Crippen molar-refractivity contribution < 1.29 is 20.4 Å². The van der Waals surface area contributed by atoms with Crippen LogP contribution in [0.3, 0.4) is 0 Å². The average molecular weight is 219 g/mol.